The van der Waals surface area contributed by atoms with E-state index in [2.05, 4.69) is 16.7 Å². The molecule has 2 aliphatic rings. The van der Waals surface area contributed by atoms with E-state index >= 15 is 0 Å². The lowest BCUT2D eigenvalue weighted by Crippen LogP contribution is -2.37. The number of ether oxygens (including phenoxy) is 1. The van der Waals surface area contributed by atoms with E-state index in [0.717, 1.165) is 18.4 Å². The van der Waals surface area contributed by atoms with Crippen LogP contribution in [0.2, 0.25) is 0 Å². The van der Waals surface area contributed by atoms with Gasteiger partial charge in [-0.05, 0) is 89.6 Å². The van der Waals surface area contributed by atoms with Crippen LogP contribution in [0.25, 0.3) is 0 Å². The highest BCUT2D eigenvalue weighted by atomic mass is 16.5. The normalized spacial score (nSPS) is 24.3. The zero-order valence-electron chi connectivity index (χ0n) is 13.6. The van der Waals surface area contributed by atoms with Crippen molar-refractivity contribution in [3.05, 3.63) is 0 Å². The zero-order valence-corrected chi connectivity index (χ0v) is 13.6. The molecule has 2 aliphatic heterocycles. The van der Waals surface area contributed by atoms with Crippen molar-refractivity contribution in [2.45, 2.75) is 45.4 Å². The molecule has 0 bridgehead atoms. The Bertz CT molecular complexity index is 243. The van der Waals surface area contributed by atoms with Gasteiger partial charge in [0.15, 0.2) is 0 Å². The van der Waals surface area contributed by atoms with Gasteiger partial charge in [0.05, 0.1) is 0 Å². The third-order valence-corrected chi connectivity index (χ3v) is 5.45. The first-order valence-corrected chi connectivity index (χ1v) is 8.75. The smallest absolute Gasteiger partial charge is 0.0464 e. The molecule has 0 aromatic heterocycles. The summed E-state index contributed by atoms with van der Waals surface area (Å²) in [5.41, 5.74) is 0. The Morgan fingerprint density at radius 3 is 1.95 bits per heavy atom. The van der Waals surface area contributed by atoms with Crippen LogP contribution in [0.4, 0.5) is 0 Å². The van der Waals surface area contributed by atoms with Crippen LogP contribution in [0, 0.1) is 11.8 Å². The maximum absolute atomic E-state index is 5.20. The Labute approximate surface area is 125 Å². The lowest BCUT2D eigenvalue weighted by molar-refractivity contribution is 0.124. The monoisotopic (exact) mass is 282 g/mol. The van der Waals surface area contributed by atoms with Crippen LogP contribution in [-0.2, 0) is 4.74 Å². The first kappa shape index (κ1) is 16.3. The fourth-order valence-corrected chi connectivity index (χ4v) is 3.74. The van der Waals surface area contributed by atoms with E-state index in [4.69, 9.17) is 4.74 Å². The van der Waals surface area contributed by atoms with Crippen LogP contribution in [0.3, 0.4) is 0 Å². The van der Waals surface area contributed by atoms with Gasteiger partial charge < -0.3 is 14.5 Å². The van der Waals surface area contributed by atoms with Gasteiger partial charge in [0.1, 0.15) is 0 Å². The Kier molecular flexibility index (Phi) is 7.32. The number of hydrogen-bond acceptors (Lipinski definition) is 3. The van der Waals surface area contributed by atoms with Crippen LogP contribution >= 0.6 is 0 Å². The van der Waals surface area contributed by atoms with Gasteiger partial charge in [-0.1, -0.05) is 6.92 Å². The minimum absolute atomic E-state index is 0.916. The molecule has 118 valence electrons. The van der Waals surface area contributed by atoms with Crippen LogP contribution in [0.5, 0.6) is 0 Å². The van der Waals surface area contributed by atoms with E-state index < -0.39 is 0 Å². The van der Waals surface area contributed by atoms with Gasteiger partial charge >= 0.3 is 0 Å². The standard InChI is InChI=1S/C17H34N2O/c1-3-18-10-4-16(5-11-18)6-12-19-13-7-17(8-14-19)9-15-20-2/h16-17H,3-15H2,1-2H3. The van der Waals surface area contributed by atoms with Gasteiger partial charge in [0, 0.05) is 13.7 Å². The molecule has 0 aliphatic carbocycles. The van der Waals surface area contributed by atoms with E-state index in [1.807, 2.05) is 7.11 Å². The maximum Gasteiger partial charge on any atom is 0.0464 e. The van der Waals surface area contributed by atoms with Crippen molar-refractivity contribution >= 4 is 0 Å². The number of hydrogen-bond donors (Lipinski definition) is 0. The molecule has 3 heteroatoms. The Morgan fingerprint density at radius 1 is 0.850 bits per heavy atom. The van der Waals surface area contributed by atoms with Crippen molar-refractivity contribution in [2.24, 2.45) is 11.8 Å². The van der Waals surface area contributed by atoms with Gasteiger partial charge in [-0.15, -0.1) is 0 Å². The first-order valence-electron chi connectivity index (χ1n) is 8.75. The average molecular weight is 282 g/mol. The minimum atomic E-state index is 0.916. The quantitative estimate of drug-likeness (QED) is 0.714. The topological polar surface area (TPSA) is 15.7 Å². The number of piperidine rings is 2. The molecule has 0 atom stereocenters. The van der Waals surface area contributed by atoms with Crippen molar-refractivity contribution in [3.63, 3.8) is 0 Å². The van der Waals surface area contributed by atoms with E-state index in [-0.39, 0.29) is 0 Å². The summed E-state index contributed by atoms with van der Waals surface area (Å²) < 4.78 is 5.20. The van der Waals surface area contributed by atoms with E-state index in [1.54, 1.807) is 0 Å². The summed E-state index contributed by atoms with van der Waals surface area (Å²) in [7, 11) is 1.82. The fraction of sp³-hybridized carbons (Fsp3) is 1.00. The summed E-state index contributed by atoms with van der Waals surface area (Å²) in [5.74, 6) is 1.91. The van der Waals surface area contributed by atoms with Crippen molar-refractivity contribution in [1.29, 1.82) is 0 Å². The van der Waals surface area contributed by atoms with Crippen molar-refractivity contribution < 1.29 is 4.74 Å². The van der Waals surface area contributed by atoms with Crippen LogP contribution in [-0.4, -0.2) is 62.8 Å². The van der Waals surface area contributed by atoms with Gasteiger partial charge in [-0.25, -0.2) is 0 Å². The van der Waals surface area contributed by atoms with Gasteiger partial charge in [0.25, 0.3) is 0 Å². The summed E-state index contributed by atoms with van der Waals surface area (Å²) in [4.78, 5) is 5.30. The third kappa shape index (κ3) is 5.34. The lowest BCUT2D eigenvalue weighted by Gasteiger charge is -2.35. The first-order chi connectivity index (χ1) is 9.81. The zero-order chi connectivity index (χ0) is 14.2. The van der Waals surface area contributed by atoms with Crippen LogP contribution in [0.15, 0.2) is 0 Å². The second-order valence-corrected chi connectivity index (χ2v) is 6.73. The highest BCUT2D eigenvalue weighted by Crippen LogP contribution is 2.24. The van der Waals surface area contributed by atoms with Crippen LogP contribution in [0.1, 0.15) is 45.4 Å². The summed E-state index contributed by atoms with van der Waals surface area (Å²) in [6.07, 6.45) is 8.33. The average Bonchev–Trinajstić information content (AvgIpc) is 2.52. The molecule has 2 heterocycles. The van der Waals surface area contributed by atoms with Crippen LogP contribution < -0.4 is 0 Å². The molecule has 0 radical (unpaired) electrons. The summed E-state index contributed by atoms with van der Waals surface area (Å²) in [6.45, 7) is 11.1. The lowest BCUT2D eigenvalue weighted by atomic mass is 9.91. The third-order valence-electron chi connectivity index (χ3n) is 5.45. The second kappa shape index (κ2) is 9.01. The molecule has 0 aromatic rings. The number of methoxy groups -OCH3 is 1. The minimum Gasteiger partial charge on any atom is -0.385 e. The summed E-state index contributed by atoms with van der Waals surface area (Å²) >= 11 is 0. The van der Waals surface area contributed by atoms with Gasteiger partial charge in [-0.3, -0.25) is 0 Å². The molecular weight excluding hydrogens is 248 g/mol. The molecule has 3 nitrogen and oxygen atoms in total. The molecule has 2 rings (SSSR count). The summed E-state index contributed by atoms with van der Waals surface area (Å²) in [5, 5.41) is 0. The predicted molar refractivity (Wildman–Crippen MR) is 85.1 cm³/mol. The molecule has 0 spiro atoms. The van der Waals surface area contributed by atoms with Gasteiger partial charge in [0.2, 0.25) is 0 Å². The molecule has 20 heavy (non-hydrogen) atoms. The Hall–Kier alpha value is -0.120. The van der Waals surface area contributed by atoms with E-state index in [9.17, 15) is 0 Å². The Balaban J connectivity index is 1.55. The SMILES string of the molecule is CCN1CCC(CCN2CCC(CCOC)CC2)CC1. The molecule has 0 saturated carbocycles. The molecule has 2 fully saturated rings. The van der Waals surface area contributed by atoms with Gasteiger partial charge in [-0.2, -0.15) is 0 Å². The summed E-state index contributed by atoms with van der Waals surface area (Å²) in [6, 6.07) is 0. The molecule has 2 saturated heterocycles. The van der Waals surface area contributed by atoms with Crippen molar-refractivity contribution in [3.8, 4) is 0 Å². The maximum atomic E-state index is 5.20. The Morgan fingerprint density at radius 2 is 1.40 bits per heavy atom. The number of nitrogens with zero attached hydrogens (tertiary/aromatic N) is 2. The number of rotatable bonds is 7. The van der Waals surface area contributed by atoms with Crippen molar-refractivity contribution in [2.75, 3.05) is 53.0 Å². The fourth-order valence-electron chi connectivity index (χ4n) is 3.74. The molecule has 0 unspecified atom stereocenters. The van der Waals surface area contributed by atoms with Crippen molar-refractivity contribution in [1.82, 2.24) is 9.80 Å². The molecule has 0 aromatic carbocycles. The highest BCUT2D eigenvalue weighted by Gasteiger charge is 2.21. The highest BCUT2D eigenvalue weighted by molar-refractivity contribution is 4.76. The second-order valence-electron chi connectivity index (χ2n) is 6.73. The van der Waals surface area contributed by atoms with E-state index in [1.165, 1.54) is 77.8 Å². The molecular formula is C17H34N2O. The largest absolute Gasteiger partial charge is 0.385 e. The number of likely N-dealkylation sites (tertiary alicyclic amines) is 2. The molecule has 0 amide bonds. The predicted octanol–water partition coefficient (Wildman–Crippen LogP) is 2.86. The van der Waals surface area contributed by atoms with E-state index in [0.29, 0.717) is 0 Å². The molecule has 0 N–H and O–H groups in total.